The molecule has 0 N–H and O–H groups in total. The van der Waals surface area contributed by atoms with Crippen LogP contribution in [0.1, 0.15) is 34.7 Å². The van der Waals surface area contributed by atoms with Gasteiger partial charge in [0, 0.05) is 5.56 Å². The minimum absolute atomic E-state index is 0.00110. The fraction of sp³-hybridized carbons (Fsp3) is 0.294. The highest BCUT2D eigenvalue weighted by atomic mass is 35.5. The second-order valence-electron chi connectivity index (χ2n) is 5.85. The lowest BCUT2D eigenvalue weighted by molar-refractivity contribution is -0.605. The van der Waals surface area contributed by atoms with Crippen LogP contribution in [0.15, 0.2) is 30.6 Å². The van der Waals surface area contributed by atoms with Crippen LogP contribution in [0.25, 0.3) is 0 Å². The van der Waals surface area contributed by atoms with E-state index < -0.39 is 12.5 Å². The van der Waals surface area contributed by atoms with E-state index in [-0.39, 0.29) is 33.0 Å². The fourth-order valence-corrected chi connectivity index (χ4v) is 3.28. The number of amides is 1. The van der Waals surface area contributed by atoms with Crippen LogP contribution in [-0.2, 0) is 4.84 Å². The summed E-state index contributed by atoms with van der Waals surface area (Å²) >= 11 is 12.1. The highest BCUT2D eigenvalue weighted by Crippen LogP contribution is 2.45. The molecule has 1 aromatic heterocycles. The van der Waals surface area contributed by atoms with E-state index in [9.17, 15) is 18.8 Å². The highest BCUT2D eigenvalue weighted by Gasteiger charge is 2.31. The second kappa shape index (κ2) is 7.84. The zero-order valence-corrected chi connectivity index (χ0v) is 15.5. The first-order valence-electron chi connectivity index (χ1n) is 7.87. The van der Waals surface area contributed by atoms with Gasteiger partial charge in [0.2, 0.25) is 12.4 Å². The standard InChI is InChI=1S/C17H14Cl2F2N2O4/c1-26-23(15-12(18)7-22(25)8-13(15)19)16(24)10-4-5-14(27-17(20)21)11(6-10)9-2-3-9/h4-9,17H,2-3H2,1H3. The Morgan fingerprint density at radius 3 is 2.44 bits per heavy atom. The molecule has 0 bridgehead atoms. The smallest absolute Gasteiger partial charge is 0.387 e. The Morgan fingerprint density at radius 2 is 1.93 bits per heavy atom. The van der Waals surface area contributed by atoms with Crippen molar-refractivity contribution in [2.45, 2.75) is 25.4 Å². The van der Waals surface area contributed by atoms with Crippen molar-refractivity contribution in [2.75, 3.05) is 12.2 Å². The normalized spacial score (nSPS) is 13.7. The molecule has 0 aliphatic heterocycles. The van der Waals surface area contributed by atoms with Crippen molar-refractivity contribution in [3.63, 3.8) is 0 Å². The number of aromatic nitrogens is 1. The van der Waals surface area contributed by atoms with E-state index in [0.717, 1.165) is 30.3 Å². The number of carbonyl (C=O) groups is 1. The molecular weight excluding hydrogens is 405 g/mol. The molecule has 3 rings (SSSR count). The summed E-state index contributed by atoms with van der Waals surface area (Å²) in [5.74, 6) is -0.530. The van der Waals surface area contributed by atoms with E-state index in [4.69, 9.17) is 28.0 Å². The van der Waals surface area contributed by atoms with E-state index in [0.29, 0.717) is 10.3 Å². The average molecular weight is 419 g/mol. The number of alkyl halides is 2. The Labute approximate surface area is 163 Å². The molecule has 1 heterocycles. The van der Waals surface area contributed by atoms with Crippen LogP contribution >= 0.6 is 23.2 Å². The summed E-state index contributed by atoms with van der Waals surface area (Å²) in [6, 6.07) is 4.15. The van der Waals surface area contributed by atoms with Crippen molar-refractivity contribution in [1.29, 1.82) is 0 Å². The third kappa shape index (κ3) is 4.23. The lowest BCUT2D eigenvalue weighted by Gasteiger charge is -2.22. The maximum Gasteiger partial charge on any atom is 0.387 e. The third-order valence-electron chi connectivity index (χ3n) is 3.99. The molecule has 0 spiro atoms. The number of hydroxylamine groups is 1. The highest BCUT2D eigenvalue weighted by molar-refractivity contribution is 6.39. The Bertz CT molecular complexity index is 855. The van der Waals surface area contributed by atoms with Gasteiger partial charge in [-0.15, -0.1) is 0 Å². The van der Waals surface area contributed by atoms with Crippen molar-refractivity contribution in [3.8, 4) is 5.75 Å². The summed E-state index contributed by atoms with van der Waals surface area (Å²) in [7, 11) is 1.24. The SMILES string of the molecule is CON(C(=O)c1ccc(OC(F)F)c(C2CC2)c1)c1c(Cl)c[n+]([O-])cc1Cl. The van der Waals surface area contributed by atoms with Crippen LogP contribution < -0.4 is 14.5 Å². The van der Waals surface area contributed by atoms with Gasteiger partial charge in [-0.25, -0.2) is 0 Å². The zero-order chi connectivity index (χ0) is 19.7. The maximum atomic E-state index is 12.9. The number of hydrogen-bond donors (Lipinski definition) is 0. The molecular formula is C17H14Cl2F2N2O4. The van der Waals surface area contributed by atoms with Crippen LogP contribution in [0, 0.1) is 5.21 Å². The Kier molecular flexibility index (Phi) is 5.69. The van der Waals surface area contributed by atoms with E-state index in [1.54, 1.807) is 0 Å². The molecule has 0 atom stereocenters. The molecule has 1 aliphatic carbocycles. The van der Waals surface area contributed by atoms with Crippen LogP contribution in [-0.4, -0.2) is 19.6 Å². The molecule has 1 aliphatic rings. The van der Waals surface area contributed by atoms with Gasteiger partial charge in [-0.05, 0) is 42.5 Å². The van der Waals surface area contributed by atoms with Crippen molar-refractivity contribution >= 4 is 34.8 Å². The number of benzene rings is 1. The Hall–Kier alpha value is -2.16. The number of rotatable bonds is 6. The first-order valence-corrected chi connectivity index (χ1v) is 8.62. The van der Waals surface area contributed by atoms with Gasteiger partial charge < -0.3 is 9.94 Å². The quantitative estimate of drug-likeness (QED) is 0.398. The van der Waals surface area contributed by atoms with Crippen LogP contribution in [0.5, 0.6) is 5.75 Å². The monoisotopic (exact) mass is 418 g/mol. The number of ether oxygens (including phenoxy) is 1. The van der Waals surface area contributed by atoms with Gasteiger partial charge in [0.05, 0.1) is 7.11 Å². The Balaban J connectivity index is 1.98. The lowest BCUT2D eigenvalue weighted by Crippen LogP contribution is -2.33. The first kappa shape index (κ1) is 19.6. The van der Waals surface area contributed by atoms with Gasteiger partial charge in [-0.2, -0.15) is 18.6 Å². The number of halogens is 4. The van der Waals surface area contributed by atoms with Crippen molar-refractivity contribution < 1.29 is 27.9 Å². The third-order valence-corrected chi connectivity index (χ3v) is 4.55. The molecule has 10 heteroatoms. The van der Waals surface area contributed by atoms with Gasteiger partial charge in [0.15, 0.2) is 0 Å². The van der Waals surface area contributed by atoms with Gasteiger partial charge in [0.1, 0.15) is 21.5 Å². The van der Waals surface area contributed by atoms with Crippen molar-refractivity contribution in [1.82, 2.24) is 0 Å². The minimum Gasteiger partial charge on any atom is -0.619 e. The number of anilines is 1. The number of hydrogen-bond acceptors (Lipinski definition) is 4. The molecule has 1 amide bonds. The number of nitrogens with zero attached hydrogens (tertiary/aromatic N) is 2. The van der Waals surface area contributed by atoms with Gasteiger partial charge >= 0.3 is 6.61 Å². The first-order chi connectivity index (χ1) is 12.8. The lowest BCUT2D eigenvalue weighted by atomic mass is 10.0. The summed E-state index contributed by atoms with van der Waals surface area (Å²) in [5, 5.41) is 12.1. The van der Waals surface area contributed by atoms with E-state index in [1.807, 2.05) is 0 Å². The molecule has 1 aromatic carbocycles. The van der Waals surface area contributed by atoms with Gasteiger partial charge in [0.25, 0.3) is 5.91 Å². The van der Waals surface area contributed by atoms with Crippen molar-refractivity contribution in [2.24, 2.45) is 0 Å². The van der Waals surface area contributed by atoms with Crippen LogP contribution in [0.2, 0.25) is 10.0 Å². The zero-order valence-electron chi connectivity index (χ0n) is 14.0. The summed E-state index contributed by atoms with van der Waals surface area (Å²) in [6.07, 6.45) is 3.70. The van der Waals surface area contributed by atoms with Gasteiger partial charge in [-0.1, -0.05) is 23.2 Å². The summed E-state index contributed by atoms with van der Waals surface area (Å²) in [5.41, 5.74) is 0.699. The fourth-order valence-electron chi connectivity index (χ4n) is 2.68. The molecule has 1 saturated carbocycles. The van der Waals surface area contributed by atoms with Gasteiger partial charge in [-0.3, -0.25) is 9.63 Å². The molecule has 0 unspecified atom stereocenters. The topological polar surface area (TPSA) is 65.7 Å². The molecule has 2 aromatic rings. The average Bonchev–Trinajstić information content (AvgIpc) is 3.42. The predicted octanol–water partition coefficient (Wildman–Crippen LogP) is 4.31. The minimum atomic E-state index is -2.96. The summed E-state index contributed by atoms with van der Waals surface area (Å²) in [6.45, 7) is -2.96. The van der Waals surface area contributed by atoms with Crippen LogP contribution in [0.4, 0.5) is 14.5 Å². The molecule has 144 valence electrons. The van der Waals surface area contributed by atoms with Crippen molar-refractivity contribution in [3.05, 3.63) is 57.0 Å². The maximum absolute atomic E-state index is 12.9. The number of pyridine rings is 1. The molecule has 0 saturated heterocycles. The Morgan fingerprint density at radius 1 is 1.30 bits per heavy atom. The number of carbonyl (C=O) groups excluding carboxylic acids is 1. The van der Waals surface area contributed by atoms with Crippen LogP contribution in [0.3, 0.4) is 0 Å². The van der Waals surface area contributed by atoms with E-state index >= 15 is 0 Å². The molecule has 0 radical (unpaired) electrons. The second-order valence-corrected chi connectivity index (χ2v) is 6.66. The van der Waals surface area contributed by atoms with E-state index in [2.05, 4.69) is 4.74 Å². The largest absolute Gasteiger partial charge is 0.619 e. The van der Waals surface area contributed by atoms with E-state index in [1.165, 1.54) is 25.3 Å². The molecule has 1 fully saturated rings. The molecule has 27 heavy (non-hydrogen) atoms. The predicted molar refractivity (Wildman–Crippen MR) is 94.3 cm³/mol. The summed E-state index contributed by atoms with van der Waals surface area (Å²) in [4.78, 5) is 18.0. The molecule has 6 nitrogen and oxygen atoms in total. The summed E-state index contributed by atoms with van der Waals surface area (Å²) < 4.78 is 30.1.